The molecule has 1 aromatic carbocycles. The van der Waals surface area contributed by atoms with Crippen LogP contribution in [0.15, 0.2) is 35.2 Å². The van der Waals surface area contributed by atoms with Gasteiger partial charge in [-0.2, -0.15) is 5.10 Å². The van der Waals surface area contributed by atoms with Gasteiger partial charge in [-0.1, -0.05) is 11.6 Å². The molecule has 5 rings (SSSR count). The van der Waals surface area contributed by atoms with E-state index in [-0.39, 0.29) is 29.1 Å². The number of aromatic amines is 1. The van der Waals surface area contributed by atoms with Crippen LogP contribution in [0.4, 0.5) is 16.3 Å². The zero-order chi connectivity index (χ0) is 25.8. The molecule has 0 saturated carbocycles. The number of nitro benzene ring substituents is 1. The van der Waals surface area contributed by atoms with Crippen molar-refractivity contribution in [2.45, 2.75) is 50.9 Å². The summed E-state index contributed by atoms with van der Waals surface area (Å²) < 4.78 is 0. The number of amides is 3. The Hall–Kier alpha value is -3.80. The van der Waals surface area contributed by atoms with Gasteiger partial charge in [-0.25, -0.2) is 9.78 Å². The number of rotatable bonds is 7. The van der Waals surface area contributed by atoms with Crippen molar-refractivity contribution in [1.82, 2.24) is 25.4 Å². The van der Waals surface area contributed by atoms with Gasteiger partial charge < -0.3 is 15.5 Å². The third-order valence-electron chi connectivity index (χ3n) is 6.98. The van der Waals surface area contributed by atoms with E-state index in [0.29, 0.717) is 30.5 Å². The van der Waals surface area contributed by atoms with Gasteiger partial charge in [0.25, 0.3) is 11.6 Å². The van der Waals surface area contributed by atoms with Gasteiger partial charge in [0.1, 0.15) is 5.69 Å². The zero-order valence-corrected chi connectivity index (χ0v) is 21.2. The number of carbonyl (C=O) groups excluding carboxylic acids is 2. The molecule has 0 unspecified atom stereocenters. The van der Waals surface area contributed by atoms with Crippen LogP contribution in [0.5, 0.6) is 0 Å². The molecule has 3 N–H and O–H groups in total. The number of carbonyl (C=O) groups is 2. The number of piperidine rings is 1. The van der Waals surface area contributed by atoms with Crippen molar-refractivity contribution >= 4 is 45.7 Å². The zero-order valence-electron chi connectivity index (χ0n) is 20.4. The quantitative estimate of drug-likeness (QED) is 0.227. The Kier molecular flexibility index (Phi) is 7.45. The Morgan fingerprint density at radius 2 is 2.08 bits per heavy atom. The SMILES string of the molecule is O=C(Nc1n[nH]c2ccc([N+](=O)[O-])cc12)c1csc(C2CCN(C(=O)NCCC3=CCCCC3)CC2)n1. The number of fused-ring (bicyclic) bond motifs is 1. The average Bonchev–Trinajstić information content (AvgIpc) is 3.57. The van der Waals surface area contributed by atoms with Crippen LogP contribution in [0.1, 0.15) is 66.4 Å². The van der Waals surface area contributed by atoms with Gasteiger partial charge in [0.05, 0.1) is 20.8 Å². The average molecular weight is 524 g/mol. The molecule has 3 amide bonds. The van der Waals surface area contributed by atoms with Crippen LogP contribution in [-0.2, 0) is 0 Å². The largest absolute Gasteiger partial charge is 0.338 e. The molecule has 3 aromatic rings. The summed E-state index contributed by atoms with van der Waals surface area (Å²) in [4.78, 5) is 42.4. The van der Waals surface area contributed by atoms with E-state index in [1.807, 2.05) is 4.90 Å². The van der Waals surface area contributed by atoms with E-state index in [9.17, 15) is 19.7 Å². The van der Waals surface area contributed by atoms with Gasteiger partial charge in [-0.15, -0.1) is 11.3 Å². The molecule has 2 aliphatic rings. The van der Waals surface area contributed by atoms with Crippen LogP contribution >= 0.6 is 11.3 Å². The molecule has 12 heteroatoms. The Labute approximate surface area is 217 Å². The summed E-state index contributed by atoms with van der Waals surface area (Å²) in [6, 6.07) is 4.29. The number of aromatic nitrogens is 3. The van der Waals surface area contributed by atoms with Gasteiger partial charge in [-0.3, -0.25) is 20.0 Å². The minimum atomic E-state index is -0.491. The molecule has 1 fully saturated rings. The summed E-state index contributed by atoms with van der Waals surface area (Å²) in [6.07, 6.45) is 9.64. The molecule has 37 heavy (non-hydrogen) atoms. The number of allylic oxidation sites excluding steroid dienone is 1. The molecule has 11 nitrogen and oxygen atoms in total. The molecule has 1 aliphatic heterocycles. The Morgan fingerprint density at radius 3 is 2.84 bits per heavy atom. The normalized spacial score (nSPS) is 16.4. The molecule has 194 valence electrons. The second-order valence-electron chi connectivity index (χ2n) is 9.44. The monoisotopic (exact) mass is 523 g/mol. The van der Waals surface area contributed by atoms with Crippen LogP contribution in [0, 0.1) is 10.1 Å². The number of thiazole rings is 1. The highest BCUT2D eigenvalue weighted by molar-refractivity contribution is 7.10. The van der Waals surface area contributed by atoms with E-state index < -0.39 is 10.8 Å². The molecule has 0 radical (unpaired) electrons. The summed E-state index contributed by atoms with van der Waals surface area (Å²) in [7, 11) is 0. The maximum Gasteiger partial charge on any atom is 0.317 e. The number of non-ortho nitro benzene ring substituents is 1. The van der Waals surface area contributed by atoms with E-state index in [1.165, 1.54) is 41.9 Å². The van der Waals surface area contributed by atoms with Crippen molar-refractivity contribution in [1.29, 1.82) is 0 Å². The molecule has 0 atom stereocenters. The van der Waals surface area contributed by atoms with Gasteiger partial charge in [-0.05, 0) is 51.0 Å². The first-order valence-electron chi connectivity index (χ1n) is 12.6. The van der Waals surface area contributed by atoms with Crippen molar-refractivity contribution in [2.24, 2.45) is 0 Å². The fourth-order valence-corrected chi connectivity index (χ4v) is 5.84. The number of nitrogens with zero attached hydrogens (tertiary/aromatic N) is 4. The summed E-state index contributed by atoms with van der Waals surface area (Å²) in [5, 5.41) is 26.7. The van der Waals surface area contributed by atoms with Crippen molar-refractivity contribution in [3.05, 3.63) is 56.0 Å². The lowest BCUT2D eigenvalue weighted by molar-refractivity contribution is -0.384. The van der Waals surface area contributed by atoms with Crippen LogP contribution in [0.2, 0.25) is 0 Å². The first-order valence-corrected chi connectivity index (χ1v) is 13.5. The minimum Gasteiger partial charge on any atom is -0.338 e. The molecule has 3 heterocycles. The lowest BCUT2D eigenvalue weighted by Crippen LogP contribution is -2.44. The van der Waals surface area contributed by atoms with Gasteiger partial charge in [0, 0.05) is 43.1 Å². The number of hydrogen-bond donors (Lipinski definition) is 3. The lowest BCUT2D eigenvalue weighted by atomic mass is 9.97. The van der Waals surface area contributed by atoms with Crippen LogP contribution in [-0.4, -0.2) is 56.6 Å². The van der Waals surface area contributed by atoms with E-state index in [0.717, 1.165) is 37.1 Å². The number of anilines is 1. The first-order chi connectivity index (χ1) is 18.0. The van der Waals surface area contributed by atoms with Crippen molar-refractivity contribution < 1.29 is 14.5 Å². The van der Waals surface area contributed by atoms with Gasteiger partial charge >= 0.3 is 6.03 Å². The van der Waals surface area contributed by atoms with Crippen molar-refractivity contribution in [2.75, 3.05) is 25.0 Å². The number of H-pyrrole nitrogens is 1. The molecule has 1 aliphatic carbocycles. The number of likely N-dealkylation sites (tertiary alicyclic amines) is 1. The van der Waals surface area contributed by atoms with E-state index in [1.54, 1.807) is 11.4 Å². The van der Waals surface area contributed by atoms with Crippen LogP contribution in [0.3, 0.4) is 0 Å². The second kappa shape index (κ2) is 11.1. The lowest BCUT2D eigenvalue weighted by Gasteiger charge is -2.31. The molecule has 1 saturated heterocycles. The number of nitro groups is 1. The van der Waals surface area contributed by atoms with Crippen LogP contribution in [0.25, 0.3) is 10.9 Å². The summed E-state index contributed by atoms with van der Waals surface area (Å²) >= 11 is 1.43. The highest BCUT2D eigenvalue weighted by Gasteiger charge is 2.26. The maximum atomic E-state index is 12.8. The Bertz CT molecular complexity index is 1340. The molecule has 0 bridgehead atoms. The highest BCUT2D eigenvalue weighted by atomic mass is 32.1. The number of hydrogen-bond acceptors (Lipinski definition) is 7. The van der Waals surface area contributed by atoms with Gasteiger partial charge in [0.15, 0.2) is 5.82 Å². The topological polar surface area (TPSA) is 146 Å². The molecule has 0 spiro atoms. The fraction of sp³-hybridized carbons (Fsp3) is 0.440. The second-order valence-corrected chi connectivity index (χ2v) is 10.3. The third-order valence-corrected chi connectivity index (χ3v) is 7.99. The molecular weight excluding hydrogens is 494 g/mol. The summed E-state index contributed by atoms with van der Waals surface area (Å²) in [5.41, 5.74) is 2.23. The molecular formula is C25H29N7O4S. The standard InChI is InChI=1S/C25H29N7O4S/c33-23(28-22-19-14-18(32(35)36)6-7-20(19)29-30-22)21-15-37-24(27-21)17-9-12-31(13-10-17)25(34)26-11-8-16-4-2-1-3-5-16/h4,6-7,14-15,17H,1-3,5,8-13H2,(H,26,34)(H2,28,29,30,33). The van der Waals surface area contributed by atoms with E-state index >= 15 is 0 Å². The van der Waals surface area contributed by atoms with Crippen molar-refractivity contribution in [3.63, 3.8) is 0 Å². The minimum absolute atomic E-state index is 0.0134. The van der Waals surface area contributed by atoms with E-state index in [2.05, 4.69) is 31.9 Å². The summed E-state index contributed by atoms with van der Waals surface area (Å²) in [5.74, 6) is -0.0125. The molecule has 2 aromatic heterocycles. The maximum absolute atomic E-state index is 12.8. The van der Waals surface area contributed by atoms with Crippen molar-refractivity contribution in [3.8, 4) is 0 Å². The first kappa shape index (κ1) is 24.9. The van der Waals surface area contributed by atoms with Gasteiger partial charge in [0.2, 0.25) is 0 Å². The number of nitrogens with one attached hydrogen (secondary N) is 3. The predicted molar refractivity (Wildman–Crippen MR) is 141 cm³/mol. The van der Waals surface area contributed by atoms with E-state index in [4.69, 9.17) is 0 Å². The smallest absolute Gasteiger partial charge is 0.317 e. The highest BCUT2D eigenvalue weighted by Crippen LogP contribution is 2.31. The third kappa shape index (κ3) is 5.79. The predicted octanol–water partition coefficient (Wildman–Crippen LogP) is 4.96. The Balaban J connectivity index is 1.13. The Morgan fingerprint density at radius 1 is 1.24 bits per heavy atom. The van der Waals surface area contributed by atoms with Crippen LogP contribution < -0.4 is 10.6 Å². The number of benzene rings is 1. The number of urea groups is 1. The summed E-state index contributed by atoms with van der Waals surface area (Å²) in [6.45, 7) is 1.98. The fourth-order valence-electron chi connectivity index (χ4n) is 4.86.